The topological polar surface area (TPSA) is 146 Å². The number of nitrogens with one attached hydrogen (secondary N) is 3. The maximum absolute atomic E-state index is 13.6. The molecule has 2 aliphatic rings. The summed E-state index contributed by atoms with van der Waals surface area (Å²) in [6.07, 6.45) is 1.08. The van der Waals surface area contributed by atoms with Crippen molar-refractivity contribution in [3.05, 3.63) is 78.4 Å². The second-order valence-electron chi connectivity index (χ2n) is 11.6. The van der Waals surface area contributed by atoms with Gasteiger partial charge in [0.25, 0.3) is 0 Å². The van der Waals surface area contributed by atoms with Crippen LogP contribution in [-0.2, 0) is 31.3 Å². The molecule has 3 aromatic carbocycles. The number of aliphatic hydroxyl groups excluding tert-OH is 1. The number of piperidine rings is 1. The van der Waals surface area contributed by atoms with Gasteiger partial charge in [-0.1, -0.05) is 42.5 Å². The molecule has 4 N–H and O–H groups in total. The molecule has 2 unspecified atom stereocenters. The molecule has 11 nitrogen and oxygen atoms in total. The lowest BCUT2D eigenvalue weighted by molar-refractivity contribution is -0.0312. The molecule has 244 valence electrons. The molecule has 13 heteroatoms. The fourth-order valence-corrected chi connectivity index (χ4v) is 8.12. The van der Waals surface area contributed by atoms with Crippen LogP contribution in [0, 0.1) is 0 Å². The van der Waals surface area contributed by atoms with Gasteiger partial charge in [-0.05, 0) is 74.3 Å². The Kier molecular flexibility index (Phi) is 10.6. The van der Waals surface area contributed by atoms with Crippen LogP contribution in [0.15, 0.2) is 82.6 Å². The quantitative estimate of drug-likeness (QED) is 0.217. The summed E-state index contributed by atoms with van der Waals surface area (Å²) in [5.74, 6) is 0.348. The van der Waals surface area contributed by atoms with E-state index in [0.717, 1.165) is 29.7 Å². The Balaban J connectivity index is 1.10. The average Bonchev–Trinajstić information content (AvgIpc) is 3.45. The van der Waals surface area contributed by atoms with Gasteiger partial charge in [0.05, 0.1) is 22.0 Å². The molecule has 2 saturated heterocycles. The highest BCUT2D eigenvalue weighted by atomic mass is 32.2. The zero-order valence-electron chi connectivity index (χ0n) is 25.6. The number of sulfonamides is 2. The highest BCUT2D eigenvalue weighted by Gasteiger charge is 2.44. The Morgan fingerprint density at radius 3 is 2.38 bits per heavy atom. The Morgan fingerprint density at radius 2 is 1.67 bits per heavy atom. The van der Waals surface area contributed by atoms with Crippen LogP contribution < -0.4 is 20.1 Å². The van der Waals surface area contributed by atoms with Crippen LogP contribution in [0.3, 0.4) is 0 Å². The van der Waals surface area contributed by atoms with Crippen molar-refractivity contribution in [2.75, 3.05) is 46.9 Å². The highest BCUT2D eigenvalue weighted by Crippen LogP contribution is 2.37. The van der Waals surface area contributed by atoms with Crippen molar-refractivity contribution >= 4 is 20.0 Å². The SMILES string of the molecule is CNCc1ccc(-c2cccc(S(=O)(=O)N3CCC4(CC3)CC(NCC(O)COc3cccc(S(=O)(=O)NC)c3)CO4)c2)cc1. The van der Waals surface area contributed by atoms with Gasteiger partial charge in [0.2, 0.25) is 20.0 Å². The van der Waals surface area contributed by atoms with E-state index in [1.807, 2.05) is 37.4 Å². The lowest BCUT2D eigenvalue weighted by Crippen LogP contribution is -2.47. The van der Waals surface area contributed by atoms with Crippen LogP contribution in [0.25, 0.3) is 11.1 Å². The summed E-state index contributed by atoms with van der Waals surface area (Å²) in [5.41, 5.74) is 2.58. The second kappa shape index (κ2) is 14.3. The van der Waals surface area contributed by atoms with Crippen molar-refractivity contribution < 1.29 is 31.4 Å². The van der Waals surface area contributed by atoms with Gasteiger partial charge in [-0.15, -0.1) is 0 Å². The number of hydrogen-bond donors (Lipinski definition) is 4. The van der Waals surface area contributed by atoms with Gasteiger partial charge in [-0.2, -0.15) is 4.31 Å². The van der Waals surface area contributed by atoms with Crippen LogP contribution in [0.5, 0.6) is 5.75 Å². The first-order valence-electron chi connectivity index (χ1n) is 15.1. The minimum absolute atomic E-state index is 0.00948. The maximum atomic E-state index is 13.6. The zero-order chi connectivity index (χ0) is 32.1. The van der Waals surface area contributed by atoms with E-state index in [1.54, 1.807) is 34.6 Å². The molecule has 0 bridgehead atoms. The molecule has 2 atom stereocenters. The number of ether oxygens (including phenoxy) is 2. The van der Waals surface area contributed by atoms with E-state index in [4.69, 9.17) is 9.47 Å². The van der Waals surface area contributed by atoms with E-state index in [-0.39, 0.29) is 29.0 Å². The summed E-state index contributed by atoms with van der Waals surface area (Å²) in [6.45, 7) is 2.25. The summed E-state index contributed by atoms with van der Waals surface area (Å²) >= 11 is 0. The van der Waals surface area contributed by atoms with E-state index in [0.29, 0.717) is 38.3 Å². The summed E-state index contributed by atoms with van der Waals surface area (Å²) in [5, 5.41) is 16.9. The summed E-state index contributed by atoms with van der Waals surface area (Å²) in [7, 11) is -4.02. The van der Waals surface area contributed by atoms with Crippen molar-refractivity contribution in [1.29, 1.82) is 0 Å². The number of hydrogen-bond acceptors (Lipinski definition) is 9. The van der Waals surface area contributed by atoms with Crippen molar-refractivity contribution in [3.63, 3.8) is 0 Å². The van der Waals surface area contributed by atoms with Crippen molar-refractivity contribution in [1.82, 2.24) is 19.7 Å². The lowest BCUT2D eigenvalue weighted by Gasteiger charge is -2.38. The highest BCUT2D eigenvalue weighted by molar-refractivity contribution is 7.89. The van der Waals surface area contributed by atoms with Gasteiger partial charge in [-0.3, -0.25) is 0 Å². The predicted octanol–water partition coefficient (Wildman–Crippen LogP) is 2.32. The molecule has 2 heterocycles. The van der Waals surface area contributed by atoms with E-state index < -0.39 is 31.8 Å². The third-order valence-corrected chi connectivity index (χ3v) is 11.8. The van der Waals surface area contributed by atoms with Crippen LogP contribution in [0.2, 0.25) is 0 Å². The fourth-order valence-electron chi connectivity index (χ4n) is 5.87. The molecule has 5 rings (SSSR count). The zero-order valence-corrected chi connectivity index (χ0v) is 27.2. The number of nitrogens with zero attached hydrogens (tertiary/aromatic N) is 1. The lowest BCUT2D eigenvalue weighted by atomic mass is 9.88. The minimum Gasteiger partial charge on any atom is -0.491 e. The smallest absolute Gasteiger partial charge is 0.243 e. The normalized spacial score (nSPS) is 19.5. The van der Waals surface area contributed by atoms with Crippen LogP contribution in [0.4, 0.5) is 0 Å². The van der Waals surface area contributed by atoms with E-state index >= 15 is 0 Å². The van der Waals surface area contributed by atoms with Gasteiger partial charge in [0.1, 0.15) is 18.5 Å². The third kappa shape index (κ3) is 8.10. The first kappa shape index (κ1) is 33.5. The Bertz CT molecular complexity index is 1660. The van der Waals surface area contributed by atoms with Gasteiger partial charge in [0, 0.05) is 38.3 Å². The molecule has 3 aromatic rings. The average molecular weight is 659 g/mol. The largest absolute Gasteiger partial charge is 0.491 e. The first-order chi connectivity index (χ1) is 21.5. The molecule has 0 aromatic heterocycles. The molecule has 45 heavy (non-hydrogen) atoms. The van der Waals surface area contributed by atoms with Crippen LogP contribution in [-0.4, -0.2) is 90.9 Å². The van der Waals surface area contributed by atoms with E-state index in [2.05, 4.69) is 15.4 Å². The molecule has 0 saturated carbocycles. The molecular formula is C32H42N4O7S2. The standard InChI is InChI=1S/C32H42N4O7S2/c1-33-20-24-9-11-25(12-10-24)26-5-3-8-31(17-26)45(40,41)36-15-13-32(14-16-36)19-27(22-43-32)35-21-28(37)23-42-29-6-4-7-30(18-29)44(38,39)34-2/h3-12,17-18,27-28,33-35,37H,13-16,19-23H2,1-2H3. The van der Waals surface area contributed by atoms with Crippen molar-refractivity contribution in [3.8, 4) is 16.9 Å². The summed E-state index contributed by atoms with van der Waals surface area (Å²) in [4.78, 5) is 0.371. The number of rotatable bonds is 13. The Labute approximate surface area is 266 Å². The van der Waals surface area contributed by atoms with Gasteiger partial charge in [0.15, 0.2) is 0 Å². The minimum atomic E-state index is -3.66. The van der Waals surface area contributed by atoms with Crippen LogP contribution >= 0.6 is 0 Å². The molecule has 0 radical (unpaired) electrons. The fraction of sp³-hybridized carbons (Fsp3) is 0.438. The van der Waals surface area contributed by atoms with Crippen molar-refractivity contribution in [2.24, 2.45) is 0 Å². The van der Waals surface area contributed by atoms with Crippen LogP contribution in [0.1, 0.15) is 24.8 Å². The van der Waals surface area contributed by atoms with Crippen molar-refractivity contribution in [2.45, 2.75) is 53.3 Å². The molecule has 0 aliphatic carbocycles. The summed E-state index contributed by atoms with van der Waals surface area (Å²) in [6, 6.07) is 21.3. The molecule has 2 fully saturated rings. The summed E-state index contributed by atoms with van der Waals surface area (Å²) < 4.78 is 66.9. The maximum Gasteiger partial charge on any atom is 0.243 e. The third-order valence-electron chi connectivity index (χ3n) is 8.45. The first-order valence-corrected chi connectivity index (χ1v) is 18.0. The molecule has 1 spiro atoms. The monoisotopic (exact) mass is 658 g/mol. The number of benzene rings is 3. The Hall–Kier alpha value is -2.88. The van der Waals surface area contributed by atoms with Gasteiger partial charge in [-0.25, -0.2) is 21.6 Å². The predicted molar refractivity (Wildman–Crippen MR) is 172 cm³/mol. The Morgan fingerprint density at radius 1 is 0.956 bits per heavy atom. The molecular weight excluding hydrogens is 617 g/mol. The van der Waals surface area contributed by atoms with E-state index in [1.165, 1.54) is 19.2 Å². The molecule has 0 amide bonds. The van der Waals surface area contributed by atoms with Gasteiger partial charge >= 0.3 is 0 Å². The second-order valence-corrected chi connectivity index (χ2v) is 15.4. The van der Waals surface area contributed by atoms with E-state index in [9.17, 15) is 21.9 Å². The number of aliphatic hydroxyl groups is 1. The molecule has 2 aliphatic heterocycles. The van der Waals surface area contributed by atoms with Gasteiger partial charge < -0.3 is 25.2 Å².